The number of halogens is 2. The minimum Gasteiger partial charge on any atom is -0.390 e. The molecule has 1 aliphatic rings. The maximum absolute atomic E-state index is 13.2. The van der Waals surface area contributed by atoms with Gasteiger partial charge < -0.3 is 9.84 Å². The molecular weight excluding hydrogens is 262 g/mol. The molecule has 20 heavy (non-hydrogen) atoms. The van der Waals surface area contributed by atoms with E-state index in [2.05, 4.69) is 0 Å². The number of hydrogen-bond donors (Lipinski definition) is 1. The highest BCUT2D eigenvalue weighted by Gasteiger charge is 2.29. The largest absolute Gasteiger partial charge is 0.390 e. The maximum Gasteiger partial charge on any atom is 0.159 e. The summed E-state index contributed by atoms with van der Waals surface area (Å²) >= 11 is 0. The van der Waals surface area contributed by atoms with Gasteiger partial charge in [-0.15, -0.1) is 0 Å². The van der Waals surface area contributed by atoms with Crippen molar-refractivity contribution in [3.8, 4) is 0 Å². The van der Waals surface area contributed by atoms with E-state index in [-0.39, 0.29) is 12.5 Å². The van der Waals surface area contributed by atoms with E-state index >= 15 is 0 Å². The summed E-state index contributed by atoms with van der Waals surface area (Å²) in [6.45, 7) is 0. The van der Waals surface area contributed by atoms with E-state index in [1.807, 2.05) is 0 Å². The molecule has 2 unspecified atom stereocenters. The third-order valence-corrected chi connectivity index (χ3v) is 4.19. The van der Waals surface area contributed by atoms with Crippen LogP contribution in [0, 0.1) is 17.6 Å². The molecule has 2 rings (SSSR count). The van der Waals surface area contributed by atoms with Crippen LogP contribution in [0.25, 0.3) is 0 Å². The van der Waals surface area contributed by atoms with Crippen LogP contribution in [0.15, 0.2) is 18.2 Å². The summed E-state index contributed by atoms with van der Waals surface area (Å²) < 4.78 is 31.5. The molecule has 0 heterocycles. The summed E-state index contributed by atoms with van der Waals surface area (Å²) in [5, 5.41) is 10.3. The lowest BCUT2D eigenvalue weighted by Crippen LogP contribution is -2.37. The van der Waals surface area contributed by atoms with Crippen molar-refractivity contribution < 1.29 is 18.6 Å². The monoisotopic (exact) mass is 284 g/mol. The summed E-state index contributed by atoms with van der Waals surface area (Å²) in [6.07, 6.45) is 5.07. The Hall–Kier alpha value is -1.00. The van der Waals surface area contributed by atoms with Crippen LogP contribution in [-0.4, -0.2) is 24.4 Å². The van der Waals surface area contributed by atoms with Crippen LogP contribution >= 0.6 is 0 Å². The van der Waals surface area contributed by atoms with Crippen molar-refractivity contribution in [1.82, 2.24) is 0 Å². The normalized spacial score (nSPS) is 19.8. The minimum absolute atomic E-state index is 0.233. The van der Waals surface area contributed by atoms with Gasteiger partial charge in [0.15, 0.2) is 11.6 Å². The molecule has 112 valence electrons. The predicted octanol–water partition coefficient (Wildman–Crippen LogP) is 3.46. The molecule has 4 heteroatoms. The van der Waals surface area contributed by atoms with Crippen LogP contribution in [0.4, 0.5) is 8.78 Å². The van der Waals surface area contributed by atoms with Crippen molar-refractivity contribution in [3.05, 3.63) is 35.4 Å². The first-order valence-electron chi connectivity index (χ1n) is 7.26. The number of methoxy groups -OCH3 is 1. The van der Waals surface area contributed by atoms with Gasteiger partial charge in [-0.2, -0.15) is 0 Å². The second-order valence-electron chi connectivity index (χ2n) is 5.62. The van der Waals surface area contributed by atoms with Crippen LogP contribution in [0.3, 0.4) is 0 Å². The van der Waals surface area contributed by atoms with Crippen molar-refractivity contribution >= 4 is 0 Å². The smallest absolute Gasteiger partial charge is 0.159 e. The minimum atomic E-state index is -0.874. The molecule has 1 fully saturated rings. The van der Waals surface area contributed by atoms with Gasteiger partial charge in [0.25, 0.3) is 0 Å². The van der Waals surface area contributed by atoms with E-state index < -0.39 is 17.7 Å². The third kappa shape index (κ3) is 3.76. The predicted molar refractivity (Wildman–Crippen MR) is 73.4 cm³/mol. The molecule has 1 aromatic rings. The zero-order valence-corrected chi connectivity index (χ0v) is 11.8. The van der Waals surface area contributed by atoms with Crippen molar-refractivity contribution in [2.24, 2.45) is 5.92 Å². The molecule has 1 N–H and O–H groups in total. The van der Waals surface area contributed by atoms with Gasteiger partial charge in [-0.05, 0) is 36.5 Å². The molecule has 1 aromatic carbocycles. The zero-order valence-electron chi connectivity index (χ0n) is 11.8. The van der Waals surface area contributed by atoms with E-state index in [0.717, 1.165) is 25.0 Å². The van der Waals surface area contributed by atoms with Gasteiger partial charge >= 0.3 is 0 Å². The van der Waals surface area contributed by atoms with E-state index in [1.165, 1.54) is 25.3 Å². The maximum atomic E-state index is 13.2. The Balaban J connectivity index is 2.00. The Morgan fingerprint density at radius 1 is 1.20 bits per heavy atom. The first-order valence-corrected chi connectivity index (χ1v) is 7.26. The molecule has 0 spiro atoms. The Morgan fingerprint density at radius 3 is 2.50 bits per heavy atom. The third-order valence-electron chi connectivity index (χ3n) is 4.19. The van der Waals surface area contributed by atoms with Gasteiger partial charge in [-0.3, -0.25) is 0 Å². The fraction of sp³-hybridized carbons (Fsp3) is 0.625. The topological polar surface area (TPSA) is 29.5 Å². The Kier molecular flexibility index (Phi) is 5.49. The van der Waals surface area contributed by atoms with E-state index in [4.69, 9.17) is 4.74 Å². The highest BCUT2D eigenvalue weighted by atomic mass is 19.2. The van der Waals surface area contributed by atoms with Gasteiger partial charge in [0.05, 0.1) is 12.2 Å². The van der Waals surface area contributed by atoms with Crippen LogP contribution < -0.4 is 0 Å². The van der Waals surface area contributed by atoms with Crippen molar-refractivity contribution in [2.75, 3.05) is 7.11 Å². The molecule has 1 saturated carbocycles. The average molecular weight is 284 g/mol. The molecule has 0 radical (unpaired) electrons. The van der Waals surface area contributed by atoms with Gasteiger partial charge in [0.1, 0.15) is 0 Å². The standard InChI is InChI=1S/C16H22F2O2/c1-20-16(12-5-3-2-4-6-12)15(19)10-11-7-8-13(17)14(18)9-11/h7-9,12,15-16,19H,2-6,10H2,1H3. The average Bonchev–Trinajstić information content (AvgIpc) is 2.45. The fourth-order valence-corrected chi connectivity index (χ4v) is 3.15. The van der Waals surface area contributed by atoms with Gasteiger partial charge in [-0.1, -0.05) is 25.3 Å². The van der Waals surface area contributed by atoms with Crippen molar-refractivity contribution in [2.45, 2.75) is 50.7 Å². The number of rotatable bonds is 5. The quantitative estimate of drug-likeness (QED) is 0.897. The molecular formula is C16H22F2O2. The molecule has 0 saturated heterocycles. The molecule has 0 aromatic heterocycles. The van der Waals surface area contributed by atoms with Crippen molar-refractivity contribution in [3.63, 3.8) is 0 Å². The number of aliphatic hydroxyl groups excluding tert-OH is 1. The van der Waals surface area contributed by atoms with Crippen LogP contribution in [0.1, 0.15) is 37.7 Å². The first kappa shape index (κ1) is 15.4. The van der Waals surface area contributed by atoms with Crippen molar-refractivity contribution in [1.29, 1.82) is 0 Å². The number of ether oxygens (including phenoxy) is 1. The fourth-order valence-electron chi connectivity index (χ4n) is 3.15. The molecule has 0 amide bonds. The number of hydrogen-bond acceptors (Lipinski definition) is 2. The van der Waals surface area contributed by atoms with Gasteiger partial charge in [-0.25, -0.2) is 8.78 Å². The Labute approximate surface area is 118 Å². The zero-order chi connectivity index (χ0) is 14.5. The van der Waals surface area contributed by atoms with E-state index in [1.54, 1.807) is 7.11 Å². The van der Waals surface area contributed by atoms with Crippen LogP contribution in [0.5, 0.6) is 0 Å². The summed E-state index contributed by atoms with van der Waals surface area (Å²) in [5.41, 5.74) is 0.592. The molecule has 1 aliphatic carbocycles. The highest BCUT2D eigenvalue weighted by Crippen LogP contribution is 2.30. The lowest BCUT2D eigenvalue weighted by molar-refractivity contribution is -0.0535. The lowest BCUT2D eigenvalue weighted by atomic mass is 9.82. The SMILES string of the molecule is COC(C(O)Cc1ccc(F)c(F)c1)C1CCCCC1. The van der Waals surface area contributed by atoms with E-state index in [9.17, 15) is 13.9 Å². The number of benzene rings is 1. The van der Waals surface area contributed by atoms with Gasteiger partial charge in [0, 0.05) is 13.5 Å². The summed E-state index contributed by atoms with van der Waals surface area (Å²) in [5.74, 6) is -1.38. The Bertz CT molecular complexity index is 430. The van der Waals surface area contributed by atoms with Crippen LogP contribution in [0.2, 0.25) is 0 Å². The molecule has 0 aliphatic heterocycles. The summed E-state index contributed by atoms with van der Waals surface area (Å²) in [6, 6.07) is 3.75. The second-order valence-corrected chi connectivity index (χ2v) is 5.62. The second kappa shape index (κ2) is 7.14. The lowest BCUT2D eigenvalue weighted by Gasteiger charge is -2.32. The van der Waals surface area contributed by atoms with Gasteiger partial charge in [0.2, 0.25) is 0 Å². The number of aliphatic hydroxyl groups is 1. The molecule has 0 bridgehead atoms. The molecule has 2 atom stereocenters. The summed E-state index contributed by atoms with van der Waals surface area (Å²) in [7, 11) is 1.60. The summed E-state index contributed by atoms with van der Waals surface area (Å²) in [4.78, 5) is 0. The van der Waals surface area contributed by atoms with Crippen LogP contribution in [-0.2, 0) is 11.2 Å². The first-order chi connectivity index (χ1) is 9.61. The van der Waals surface area contributed by atoms with E-state index in [0.29, 0.717) is 11.5 Å². The molecule has 2 nitrogen and oxygen atoms in total. The highest BCUT2D eigenvalue weighted by molar-refractivity contribution is 5.18. The Morgan fingerprint density at radius 2 is 1.90 bits per heavy atom.